The molecule has 6 atom stereocenters. The molecule has 0 unspecified atom stereocenters. The van der Waals surface area contributed by atoms with Crippen LogP contribution in [0.25, 0.3) is 0 Å². The Balaban J connectivity index is 0.000000858. The Morgan fingerprint density at radius 3 is 1.55 bits per heavy atom. The Morgan fingerprint density at radius 2 is 1.13 bits per heavy atom. The van der Waals surface area contributed by atoms with E-state index in [0.29, 0.717) is 24.2 Å². The second kappa shape index (κ2) is 13.7. The van der Waals surface area contributed by atoms with E-state index >= 15 is 0 Å². The second-order valence-electron chi connectivity index (χ2n) is 9.22. The van der Waals surface area contributed by atoms with Gasteiger partial charge in [0.25, 0.3) is 0 Å². The zero-order valence-electron chi connectivity index (χ0n) is 18.8. The normalized spacial score (nSPS) is 34.7. The molecule has 2 bridgehead atoms. The van der Waals surface area contributed by atoms with Gasteiger partial charge < -0.3 is 21.3 Å². The minimum absolute atomic E-state index is 0.00694. The van der Waals surface area contributed by atoms with Crippen LogP contribution in [0.15, 0.2) is 18.2 Å². The first-order valence-electron chi connectivity index (χ1n) is 11.9. The number of nitrogens with zero attached hydrogens (tertiary/aromatic N) is 1. The number of rotatable bonds is 0. The van der Waals surface area contributed by atoms with Crippen molar-refractivity contribution in [1.29, 1.82) is 0 Å². The minimum atomic E-state index is 0.00694. The topological polar surface area (TPSA) is 61.0 Å². The molecule has 31 heavy (non-hydrogen) atoms. The standard InChI is InChI=1S/C23H39N5.2ClH.Mn/c1-16-18-12-7-13-19(28-18)17(2)27-23-11-6-4-9-21(23)25-15-14-24-20-8-3-5-10-22(20)26-16;;;/h7,12-13,16-17,20-27H,3-6,8-11,14-15H2,1-2H3;2*1H;/q;;;+2/p-2/t16-,17+,20-,21-,22-,23-;;;/m0.../s1. The number of nitrogens with one attached hydrogen (secondary N) is 4. The first-order valence-corrected chi connectivity index (χ1v) is 15.2. The molecule has 0 aromatic carbocycles. The molecule has 177 valence electrons. The number of fused-ring (bicyclic) bond motifs is 4. The van der Waals surface area contributed by atoms with Crippen molar-refractivity contribution in [2.45, 2.75) is 101 Å². The van der Waals surface area contributed by atoms with Crippen LogP contribution in [0, 0.1) is 0 Å². The average molecular weight is 511 g/mol. The summed E-state index contributed by atoms with van der Waals surface area (Å²) in [5.74, 6) is 0. The van der Waals surface area contributed by atoms with Gasteiger partial charge in [-0.05, 0) is 51.7 Å². The van der Waals surface area contributed by atoms with Crippen molar-refractivity contribution >= 4 is 20.2 Å². The molecule has 4 N–H and O–H groups in total. The van der Waals surface area contributed by atoms with Crippen molar-refractivity contribution in [3.63, 3.8) is 0 Å². The predicted octanol–water partition coefficient (Wildman–Crippen LogP) is 4.57. The van der Waals surface area contributed by atoms with E-state index in [4.69, 9.17) is 25.2 Å². The summed E-state index contributed by atoms with van der Waals surface area (Å²) in [7, 11) is 9.59. The summed E-state index contributed by atoms with van der Waals surface area (Å²) in [6.07, 6.45) is 10.4. The summed E-state index contributed by atoms with van der Waals surface area (Å²) in [6, 6.07) is 9.34. The Labute approximate surface area is 203 Å². The second-order valence-corrected chi connectivity index (χ2v) is 11.2. The summed E-state index contributed by atoms with van der Waals surface area (Å²) >= 11 is 0.00694. The van der Waals surface area contributed by atoms with Crippen LogP contribution in [-0.2, 0) is 13.1 Å². The van der Waals surface area contributed by atoms with Crippen molar-refractivity contribution < 1.29 is 13.1 Å². The van der Waals surface area contributed by atoms with E-state index in [0.717, 1.165) is 13.1 Å². The van der Waals surface area contributed by atoms with Gasteiger partial charge in [0.1, 0.15) is 0 Å². The summed E-state index contributed by atoms with van der Waals surface area (Å²) < 4.78 is 0. The monoisotopic (exact) mass is 510 g/mol. The van der Waals surface area contributed by atoms with E-state index in [2.05, 4.69) is 53.3 Å². The molecule has 2 saturated carbocycles. The van der Waals surface area contributed by atoms with E-state index in [9.17, 15) is 0 Å². The molecule has 3 aliphatic rings. The Bertz CT molecular complexity index is 603. The fraction of sp³-hybridized carbons (Fsp3) is 0.783. The summed E-state index contributed by atoms with van der Waals surface area (Å²) in [4.78, 5) is 5.06. The van der Waals surface area contributed by atoms with Gasteiger partial charge in [-0.1, -0.05) is 31.7 Å². The van der Waals surface area contributed by atoms with Gasteiger partial charge in [-0.2, -0.15) is 0 Å². The number of hydrogen-bond donors (Lipinski definition) is 4. The molecule has 0 amide bonds. The summed E-state index contributed by atoms with van der Waals surface area (Å²) in [5, 5.41) is 15.5. The number of hydrogen-bond acceptors (Lipinski definition) is 5. The molecule has 8 heteroatoms. The first-order chi connectivity index (χ1) is 15.1. The van der Waals surface area contributed by atoms with Crippen molar-refractivity contribution in [1.82, 2.24) is 26.3 Å². The van der Waals surface area contributed by atoms with Gasteiger partial charge in [0.2, 0.25) is 0 Å². The van der Waals surface area contributed by atoms with E-state index in [1.54, 1.807) is 0 Å². The molecule has 1 aromatic rings. The van der Waals surface area contributed by atoms with Gasteiger partial charge in [-0.3, -0.25) is 4.98 Å². The molecule has 0 saturated heterocycles. The van der Waals surface area contributed by atoms with Crippen LogP contribution in [0.1, 0.15) is 88.7 Å². The number of aromatic nitrogens is 1. The van der Waals surface area contributed by atoms with E-state index in [-0.39, 0.29) is 25.2 Å². The molecule has 2 heterocycles. The van der Waals surface area contributed by atoms with Gasteiger partial charge >= 0.3 is 33.3 Å². The quantitative estimate of drug-likeness (QED) is 0.385. The molecular formula is C23H39Cl2MnN5. The maximum absolute atomic E-state index is 5.06. The molecule has 0 radical (unpaired) electrons. The van der Waals surface area contributed by atoms with Gasteiger partial charge in [-0.25, -0.2) is 0 Å². The van der Waals surface area contributed by atoms with E-state index in [1.165, 1.54) is 62.8 Å². The zero-order chi connectivity index (χ0) is 22.1. The van der Waals surface area contributed by atoms with Gasteiger partial charge in [0.05, 0.1) is 11.4 Å². The van der Waals surface area contributed by atoms with Gasteiger partial charge in [0.15, 0.2) is 0 Å². The molecular weight excluding hydrogens is 472 g/mol. The van der Waals surface area contributed by atoms with Crippen molar-refractivity contribution in [3.05, 3.63) is 29.6 Å². The van der Waals surface area contributed by atoms with E-state index < -0.39 is 0 Å². The first kappa shape index (κ1) is 25.7. The third-order valence-electron chi connectivity index (χ3n) is 7.08. The van der Waals surface area contributed by atoms with Crippen LogP contribution in [0.5, 0.6) is 0 Å². The summed E-state index contributed by atoms with van der Waals surface area (Å²) in [6.45, 7) is 6.66. The van der Waals surface area contributed by atoms with Gasteiger partial charge in [0, 0.05) is 49.3 Å². The van der Waals surface area contributed by atoms with Crippen molar-refractivity contribution in [2.75, 3.05) is 13.1 Å². The third-order valence-corrected chi connectivity index (χ3v) is 7.08. The van der Waals surface area contributed by atoms with Crippen LogP contribution < -0.4 is 21.3 Å². The van der Waals surface area contributed by atoms with Crippen LogP contribution in [0.2, 0.25) is 0 Å². The van der Waals surface area contributed by atoms with Crippen molar-refractivity contribution in [3.8, 4) is 0 Å². The van der Waals surface area contributed by atoms with Crippen molar-refractivity contribution in [2.24, 2.45) is 0 Å². The van der Waals surface area contributed by atoms with Crippen LogP contribution in [-0.4, -0.2) is 42.2 Å². The van der Waals surface area contributed by atoms with E-state index in [1.807, 2.05) is 0 Å². The molecule has 1 aromatic heterocycles. The third kappa shape index (κ3) is 7.82. The summed E-state index contributed by atoms with van der Waals surface area (Å²) in [5.41, 5.74) is 2.34. The SMILES string of the molecule is C[C@@H]1N[C@H]2CCCC[C@@H]2NCCN[C@H]2CCCC[C@@H]2N[C@H](C)c2cccc1n2.[Cl][Mn][Cl]. The molecule has 5 nitrogen and oxygen atoms in total. The number of halogens is 2. The predicted molar refractivity (Wildman–Crippen MR) is 127 cm³/mol. The molecule has 0 spiro atoms. The van der Waals surface area contributed by atoms with Crippen LogP contribution in [0.3, 0.4) is 0 Å². The number of pyridine rings is 1. The molecule has 1 aliphatic heterocycles. The Hall–Kier alpha value is 0.0895. The molecule has 2 aliphatic carbocycles. The van der Waals surface area contributed by atoms with Crippen LogP contribution >= 0.6 is 20.2 Å². The van der Waals surface area contributed by atoms with Gasteiger partial charge in [-0.15, -0.1) is 0 Å². The molecule has 4 rings (SSSR count). The zero-order valence-corrected chi connectivity index (χ0v) is 21.5. The van der Waals surface area contributed by atoms with Crippen LogP contribution in [0.4, 0.5) is 0 Å². The fourth-order valence-electron chi connectivity index (χ4n) is 5.43. The molecule has 2 fully saturated rings. The Kier molecular flexibility index (Phi) is 11.4. The average Bonchev–Trinajstić information content (AvgIpc) is 2.79. The fourth-order valence-corrected chi connectivity index (χ4v) is 5.43. The Morgan fingerprint density at radius 1 is 0.742 bits per heavy atom. The maximum atomic E-state index is 5.06.